The number of halogens is 12. The zero-order valence-corrected chi connectivity index (χ0v) is 36.5. The van der Waals surface area contributed by atoms with E-state index in [1.807, 2.05) is 0 Å². The number of H-pyrrole nitrogens is 2. The Morgan fingerprint density at radius 1 is 0.333 bits per heavy atom. The van der Waals surface area contributed by atoms with Gasteiger partial charge in [-0.15, -0.1) is 0 Å². The van der Waals surface area contributed by atoms with Gasteiger partial charge in [0.2, 0.25) is 49.0 Å². The topological polar surface area (TPSA) is 72.9 Å². The Bertz CT molecular complexity index is 2900. The number of rotatable bonds is 8. The predicted molar refractivity (Wildman–Crippen MR) is 226 cm³/mol. The van der Waals surface area contributed by atoms with Crippen molar-refractivity contribution in [1.29, 1.82) is 0 Å². The predicted octanol–water partition coefficient (Wildman–Crippen LogP) is 10.7. The normalized spacial score (nSPS) is 12.9. The Labute approximate surface area is 393 Å². The monoisotopic (exact) mass is 1010 g/mol. The number of fused-ring (bicyclic) bond motifs is 8. The Balaban J connectivity index is 0.00000642. The molecule has 9 rings (SSSR count). The van der Waals surface area contributed by atoms with Crippen LogP contribution in [0.1, 0.15) is 22.8 Å². The molecule has 7 aromatic rings. The number of pyridine rings is 4. The fourth-order valence-corrected chi connectivity index (χ4v) is 8.42. The van der Waals surface area contributed by atoms with Gasteiger partial charge in [0.25, 0.3) is 0 Å². The second-order valence-electron chi connectivity index (χ2n) is 15.8. The van der Waals surface area contributed by atoms with Gasteiger partial charge in [-0.1, -0.05) is 0 Å². The van der Waals surface area contributed by atoms with Gasteiger partial charge < -0.3 is 9.97 Å². The van der Waals surface area contributed by atoms with Gasteiger partial charge in [-0.25, -0.2) is 9.97 Å². The smallest absolute Gasteiger partial charge is 0.354 e. The van der Waals surface area contributed by atoms with E-state index in [0.29, 0.717) is 0 Å². The van der Waals surface area contributed by atoms with Gasteiger partial charge in [-0.2, -0.15) is 71.0 Å². The third kappa shape index (κ3) is 10.6. The molecular formula is C48H34F12MnN8+6. The van der Waals surface area contributed by atoms with Crippen molar-refractivity contribution in [3.05, 3.63) is 145 Å². The Morgan fingerprint density at radius 2 is 0.551 bits per heavy atom. The van der Waals surface area contributed by atoms with Gasteiger partial charge in [-0.3, -0.25) is 0 Å². The molecule has 2 aliphatic heterocycles. The first-order chi connectivity index (χ1) is 32.2. The van der Waals surface area contributed by atoms with E-state index in [1.54, 1.807) is 0 Å². The van der Waals surface area contributed by atoms with E-state index in [-0.39, 0.29) is 107 Å². The van der Waals surface area contributed by atoms with Crippen LogP contribution < -0.4 is 18.3 Å². The number of nitrogens with zero attached hydrogens (tertiary/aromatic N) is 6. The molecule has 0 atom stereocenters. The average Bonchev–Trinajstić information content (AvgIpc) is 4.09. The molecule has 8 nitrogen and oxygen atoms in total. The second-order valence-corrected chi connectivity index (χ2v) is 15.8. The van der Waals surface area contributed by atoms with Crippen LogP contribution in [0.15, 0.2) is 122 Å². The van der Waals surface area contributed by atoms with Crippen LogP contribution in [0, 0.1) is 0 Å². The molecule has 0 saturated carbocycles. The fraction of sp³-hybridized carbons (Fsp3) is 0.167. The largest absolute Gasteiger partial charge is 2.00 e. The van der Waals surface area contributed by atoms with E-state index in [1.165, 1.54) is 146 Å². The van der Waals surface area contributed by atoms with Crippen molar-refractivity contribution in [3.8, 4) is 45.0 Å². The maximum absolute atomic E-state index is 14.2. The molecule has 0 aromatic carbocycles. The summed E-state index contributed by atoms with van der Waals surface area (Å²) in [6.45, 7) is -5.78. The molecular weight excluding hydrogens is 971 g/mol. The summed E-state index contributed by atoms with van der Waals surface area (Å²) in [7, 11) is 0. The van der Waals surface area contributed by atoms with E-state index in [9.17, 15) is 52.7 Å². The third-order valence-corrected chi connectivity index (χ3v) is 10.9. The molecule has 351 valence electrons. The molecule has 0 aliphatic carbocycles. The number of hydrogen-bond donors (Lipinski definition) is 2. The summed E-state index contributed by atoms with van der Waals surface area (Å²) in [5.74, 6) is 0. The SMILES string of the molecule is FC(F)(F)C[n+]1ccccc1-c1c2nc(c(-c3cccc[n+]3CC(F)(F)F)c3ccc([nH]3)c(-c3cccc[n+]3CC(F)(F)F)c3nc(c(-c4cccc[n+]4CC(F)(F)F)c4ccc1[nH]4)C=C3)C=C2.[Mn+2]. The van der Waals surface area contributed by atoms with E-state index < -0.39 is 50.9 Å². The zero-order valence-electron chi connectivity index (χ0n) is 35.3. The van der Waals surface area contributed by atoms with E-state index in [2.05, 4.69) is 9.97 Å². The van der Waals surface area contributed by atoms with Gasteiger partial charge in [0.1, 0.15) is 0 Å². The Hall–Kier alpha value is -7.12. The van der Waals surface area contributed by atoms with Crippen molar-refractivity contribution >= 4 is 46.4 Å². The molecule has 8 bridgehead atoms. The second kappa shape index (κ2) is 18.4. The van der Waals surface area contributed by atoms with Crippen molar-refractivity contribution in [2.24, 2.45) is 0 Å². The van der Waals surface area contributed by atoms with Crippen LogP contribution in [0.4, 0.5) is 52.7 Å². The Kier molecular flexibility index (Phi) is 12.9. The zero-order chi connectivity index (χ0) is 48.2. The summed E-state index contributed by atoms with van der Waals surface area (Å²) < 4.78 is 174. The molecule has 2 N–H and O–H groups in total. The molecule has 0 amide bonds. The molecule has 9 heterocycles. The van der Waals surface area contributed by atoms with Crippen LogP contribution in [0.5, 0.6) is 0 Å². The van der Waals surface area contributed by atoms with Crippen LogP contribution in [0.25, 0.3) is 91.4 Å². The van der Waals surface area contributed by atoms with Crippen molar-refractivity contribution in [1.82, 2.24) is 19.9 Å². The van der Waals surface area contributed by atoms with Crippen LogP contribution in [0.3, 0.4) is 0 Å². The van der Waals surface area contributed by atoms with Gasteiger partial charge >= 0.3 is 41.8 Å². The standard InChI is InChI=1S/C48H33F12N8.Mn/c49-45(50,51)25-65-21-5-1-9-37(65)41-29-13-15-31(61-29)42(38-10-2-6-22-66(38)26-46(52,53)54)33-17-19-35(63-33)44(40-12-4-8-24-68(40)28-48(58,59)60)36-20-18-34(64-36)43(32-16-14-30(41)62-32)39-11-3-7-23-67(39)27-47(55,56)57;/h1-24H,25-28H2,(H,61,62,63,64);/q+3;+2/p+1. The molecule has 0 spiro atoms. The summed E-state index contributed by atoms with van der Waals surface area (Å²) >= 11 is 0. The van der Waals surface area contributed by atoms with Gasteiger partial charge in [0.15, 0.2) is 24.8 Å². The molecule has 69 heavy (non-hydrogen) atoms. The summed E-state index contributed by atoms with van der Waals surface area (Å²) in [4.78, 5) is 16.2. The van der Waals surface area contributed by atoms with Crippen LogP contribution >= 0.6 is 0 Å². The van der Waals surface area contributed by atoms with E-state index in [4.69, 9.17) is 9.97 Å². The molecule has 0 fully saturated rings. The summed E-state index contributed by atoms with van der Waals surface area (Å²) in [5.41, 5.74) is 1.10. The third-order valence-electron chi connectivity index (χ3n) is 10.9. The number of hydrogen-bond acceptors (Lipinski definition) is 2. The maximum atomic E-state index is 14.2. The maximum Gasteiger partial charge on any atom is 2.00 e. The van der Waals surface area contributed by atoms with Crippen LogP contribution in [-0.2, 0) is 43.2 Å². The minimum Gasteiger partial charge on any atom is -0.354 e. The van der Waals surface area contributed by atoms with Crippen molar-refractivity contribution in [2.45, 2.75) is 50.9 Å². The molecule has 21 heteroatoms. The summed E-state index contributed by atoms with van der Waals surface area (Å²) in [6.07, 6.45) is -8.11. The number of aromatic nitrogens is 8. The van der Waals surface area contributed by atoms with Crippen LogP contribution in [-0.4, -0.2) is 44.6 Å². The molecule has 1 radical (unpaired) electrons. The van der Waals surface area contributed by atoms with E-state index in [0.717, 1.165) is 18.3 Å². The quantitative estimate of drug-likeness (QED) is 0.0904. The van der Waals surface area contributed by atoms with E-state index >= 15 is 0 Å². The fourth-order valence-electron chi connectivity index (χ4n) is 8.42. The van der Waals surface area contributed by atoms with Crippen LogP contribution in [0.2, 0.25) is 0 Å². The first-order valence-electron chi connectivity index (χ1n) is 20.6. The Morgan fingerprint density at radius 3 is 0.754 bits per heavy atom. The molecule has 7 aromatic heterocycles. The van der Waals surface area contributed by atoms with Gasteiger partial charge in [0.05, 0.1) is 67.1 Å². The number of alkyl halides is 12. The van der Waals surface area contributed by atoms with Gasteiger partial charge in [0, 0.05) is 48.5 Å². The van der Waals surface area contributed by atoms with Crippen molar-refractivity contribution in [2.75, 3.05) is 0 Å². The van der Waals surface area contributed by atoms with Gasteiger partial charge in [-0.05, 0) is 72.8 Å². The average molecular weight is 1010 g/mol. The van der Waals surface area contributed by atoms with Crippen molar-refractivity contribution in [3.63, 3.8) is 0 Å². The molecule has 0 saturated heterocycles. The molecule has 0 unspecified atom stereocenters. The first-order valence-corrected chi connectivity index (χ1v) is 20.6. The van der Waals surface area contributed by atoms with Crippen molar-refractivity contribution < 1.29 is 88.0 Å². The summed E-state index contributed by atoms with van der Waals surface area (Å²) in [6, 6.07) is 23.2. The number of nitrogens with one attached hydrogen (secondary N) is 2. The molecule has 2 aliphatic rings. The minimum atomic E-state index is -4.71. The first kappa shape index (κ1) is 48.3. The minimum absolute atomic E-state index is 0. The summed E-state index contributed by atoms with van der Waals surface area (Å²) in [5, 5.41) is 0. The number of aromatic amines is 2.